The zero-order valence-corrected chi connectivity index (χ0v) is 20.0. The molecule has 188 valence electrons. The summed E-state index contributed by atoms with van der Waals surface area (Å²) >= 11 is 0. The number of aliphatic hydroxyl groups is 1. The molecule has 0 spiro atoms. The zero-order chi connectivity index (χ0) is 25.4. The van der Waals surface area contributed by atoms with Gasteiger partial charge in [-0.3, -0.25) is 0 Å². The molecule has 0 aromatic heterocycles. The van der Waals surface area contributed by atoms with E-state index in [4.69, 9.17) is 4.74 Å². The molecular formula is C27H31F3N2O3. The zero-order valence-electron chi connectivity index (χ0n) is 20.0. The van der Waals surface area contributed by atoms with Gasteiger partial charge < -0.3 is 20.1 Å². The van der Waals surface area contributed by atoms with Crippen LogP contribution in [0.25, 0.3) is 0 Å². The topological polar surface area (TPSA) is 61.8 Å². The molecule has 0 bridgehead atoms. The maximum Gasteiger partial charge on any atom is 0.416 e. The Morgan fingerprint density at radius 3 is 2.34 bits per heavy atom. The molecule has 1 aliphatic heterocycles. The first-order valence-electron chi connectivity index (χ1n) is 11.6. The Kier molecular flexibility index (Phi) is 9.12. The number of hydrogen-bond acceptors (Lipinski definition) is 3. The molecule has 35 heavy (non-hydrogen) atoms. The van der Waals surface area contributed by atoms with Crippen molar-refractivity contribution in [2.24, 2.45) is 0 Å². The third-order valence-electron chi connectivity index (χ3n) is 5.94. The highest BCUT2D eigenvalue weighted by Crippen LogP contribution is 2.30. The van der Waals surface area contributed by atoms with Gasteiger partial charge >= 0.3 is 12.2 Å². The van der Waals surface area contributed by atoms with Gasteiger partial charge in [0.15, 0.2) is 0 Å². The molecule has 1 heterocycles. The number of fused-ring (bicyclic) bond motifs is 1. The molecule has 3 rings (SSSR count). The average Bonchev–Trinajstić information content (AvgIpc) is 2.84. The molecule has 0 atom stereocenters. The van der Waals surface area contributed by atoms with Gasteiger partial charge in [0.05, 0.1) is 25.4 Å². The summed E-state index contributed by atoms with van der Waals surface area (Å²) in [6.07, 6.45) is 1.19. The molecule has 0 unspecified atom stereocenters. The minimum absolute atomic E-state index is 0.0480. The maximum atomic E-state index is 12.8. The Labute approximate surface area is 203 Å². The summed E-state index contributed by atoms with van der Waals surface area (Å²) in [4.78, 5) is 14.1. The molecule has 0 saturated heterocycles. The fraction of sp³-hybridized carbons (Fsp3) is 0.370. The number of carbonyl (C=O) groups is 1. The summed E-state index contributed by atoms with van der Waals surface area (Å²) < 4.78 is 44.3. The van der Waals surface area contributed by atoms with Crippen molar-refractivity contribution in [3.8, 4) is 0 Å². The lowest BCUT2D eigenvalue weighted by Gasteiger charge is -2.30. The third kappa shape index (κ3) is 7.44. The number of benzene rings is 2. The molecule has 0 aliphatic carbocycles. The Hall–Kier alpha value is -3.10. The van der Waals surface area contributed by atoms with Crippen LogP contribution in [0.3, 0.4) is 0 Å². The summed E-state index contributed by atoms with van der Waals surface area (Å²) in [5.74, 6) is 0. The fourth-order valence-corrected chi connectivity index (χ4v) is 3.69. The smallest absolute Gasteiger partial charge is 0.392 e. The van der Waals surface area contributed by atoms with Crippen LogP contribution < -0.4 is 5.32 Å². The van der Waals surface area contributed by atoms with Crippen LogP contribution in [0.2, 0.25) is 0 Å². The van der Waals surface area contributed by atoms with Gasteiger partial charge in [-0.05, 0) is 64.9 Å². The summed E-state index contributed by atoms with van der Waals surface area (Å²) in [6, 6.07) is 10.3. The van der Waals surface area contributed by atoms with E-state index in [-0.39, 0.29) is 19.2 Å². The van der Waals surface area contributed by atoms with Crippen molar-refractivity contribution in [3.63, 3.8) is 0 Å². The minimum atomic E-state index is -4.39. The van der Waals surface area contributed by atoms with Crippen LogP contribution in [0.1, 0.15) is 48.9 Å². The van der Waals surface area contributed by atoms with E-state index in [0.29, 0.717) is 25.3 Å². The van der Waals surface area contributed by atoms with Crippen molar-refractivity contribution in [1.82, 2.24) is 4.90 Å². The van der Waals surface area contributed by atoms with Crippen molar-refractivity contribution in [2.75, 3.05) is 18.5 Å². The van der Waals surface area contributed by atoms with E-state index in [1.165, 1.54) is 12.1 Å². The summed E-state index contributed by atoms with van der Waals surface area (Å²) in [6.45, 7) is 5.54. The van der Waals surface area contributed by atoms with Gasteiger partial charge in [-0.2, -0.15) is 13.2 Å². The van der Waals surface area contributed by atoms with Crippen LogP contribution in [0.5, 0.6) is 0 Å². The van der Waals surface area contributed by atoms with Gasteiger partial charge in [0, 0.05) is 18.8 Å². The molecule has 2 aromatic carbocycles. The van der Waals surface area contributed by atoms with Crippen LogP contribution >= 0.6 is 0 Å². The summed E-state index contributed by atoms with van der Waals surface area (Å²) in [5, 5.41) is 12.1. The highest BCUT2D eigenvalue weighted by atomic mass is 19.4. The van der Waals surface area contributed by atoms with Gasteiger partial charge in [0.1, 0.15) is 0 Å². The summed E-state index contributed by atoms with van der Waals surface area (Å²) in [7, 11) is 0. The van der Waals surface area contributed by atoms with Crippen molar-refractivity contribution in [2.45, 2.75) is 52.6 Å². The molecule has 2 amide bonds. The quantitative estimate of drug-likeness (QED) is 0.379. The Morgan fingerprint density at radius 1 is 1.06 bits per heavy atom. The van der Waals surface area contributed by atoms with Crippen LogP contribution in [-0.2, 0) is 30.6 Å². The van der Waals surface area contributed by atoms with Gasteiger partial charge in [0.2, 0.25) is 0 Å². The number of allylic oxidation sites excluding steroid dienone is 2. The highest BCUT2D eigenvalue weighted by Gasteiger charge is 2.30. The number of aliphatic hydroxyl groups excluding tert-OH is 1. The number of nitrogens with zero attached hydrogens (tertiary/aromatic N) is 1. The first kappa shape index (κ1) is 26.5. The number of hydrogen-bond donors (Lipinski definition) is 2. The van der Waals surface area contributed by atoms with E-state index in [1.54, 1.807) is 4.90 Å². The van der Waals surface area contributed by atoms with Crippen molar-refractivity contribution in [1.29, 1.82) is 0 Å². The number of halogens is 3. The van der Waals surface area contributed by atoms with Crippen LogP contribution in [0.15, 0.2) is 65.8 Å². The lowest BCUT2D eigenvalue weighted by Crippen LogP contribution is -2.38. The standard InChI is InChI=1S/C27H31F3N2O3/c1-3-19(16-33)5-6-20(4-2)17-35-18-22-9-12-25-23(13-22)15-32(26(34)31-25)14-21-7-10-24(11-8-21)27(28,29)30/h5-13,33H,3-4,14-18H2,1-2H3,(H,31,34)/b19-5+,20-6+. The van der Waals surface area contributed by atoms with E-state index >= 15 is 0 Å². The number of anilines is 1. The number of rotatable bonds is 10. The number of carbonyl (C=O) groups excluding carboxylic acids is 1. The molecule has 0 fully saturated rings. The number of nitrogens with one attached hydrogen (secondary N) is 1. The predicted molar refractivity (Wildman–Crippen MR) is 130 cm³/mol. The van der Waals surface area contributed by atoms with E-state index in [0.717, 1.165) is 52.9 Å². The van der Waals surface area contributed by atoms with Crippen molar-refractivity contribution in [3.05, 3.63) is 88.0 Å². The Balaban J connectivity index is 1.61. The van der Waals surface area contributed by atoms with E-state index in [1.807, 2.05) is 37.3 Å². The number of urea groups is 1. The summed E-state index contributed by atoms with van der Waals surface area (Å²) in [5.41, 5.74) is 4.60. The van der Waals surface area contributed by atoms with Crippen molar-refractivity contribution < 1.29 is 27.8 Å². The van der Waals surface area contributed by atoms with E-state index in [9.17, 15) is 23.1 Å². The van der Waals surface area contributed by atoms with Gasteiger partial charge in [-0.15, -0.1) is 0 Å². The lowest BCUT2D eigenvalue weighted by atomic mass is 10.1. The third-order valence-corrected chi connectivity index (χ3v) is 5.94. The van der Waals surface area contributed by atoms with Crippen molar-refractivity contribution >= 4 is 11.7 Å². The lowest BCUT2D eigenvalue weighted by molar-refractivity contribution is -0.137. The first-order chi connectivity index (χ1) is 16.7. The van der Waals surface area contributed by atoms with Crippen LogP contribution in [-0.4, -0.2) is 29.3 Å². The fourth-order valence-electron chi connectivity index (χ4n) is 3.69. The molecule has 1 aliphatic rings. The van der Waals surface area contributed by atoms with Gasteiger partial charge in [0.25, 0.3) is 0 Å². The normalized spacial score (nSPS) is 14.7. The number of amides is 2. The van der Waals surface area contributed by atoms with E-state index in [2.05, 4.69) is 12.2 Å². The SMILES string of the molecule is CC/C(=C\C=C(/CC)COCc1ccc2c(c1)CN(Cc1ccc(C(F)(F)F)cc1)C(=O)N2)CO. The van der Waals surface area contributed by atoms with Crippen LogP contribution in [0.4, 0.5) is 23.7 Å². The Morgan fingerprint density at radius 2 is 1.71 bits per heavy atom. The minimum Gasteiger partial charge on any atom is -0.392 e. The Bertz CT molecular complexity index is 1070. The number of ether oxygens (including phenoxy) is 1. The molecule has 0 saturated carbocycles. The van der Waals surface area contributed by atoms with Gasteiger partial charge in [-0.1, -0.05) is 44.2 Å². The second-order valence-corrected chi connectivity index (χ2v) is 8.48. The maximum absolute atomic E-state index is 12.8. The molecule has 0 radical (unpaired) electrons. The second kappa shape index (κ2) is 12.0. The molecule has 5 nitrogen and oxygen atoms in total. The predicted octanol–water partition coefficient (Wildman–Crippen LogP) is 6.43. The second-order valence-electron chi connectivity index (χ2n) is 8.48. The first-order valence-corrected chi connectivity index (χ1v) is 11.6. The molecule has 2 aromatic rings. The molecule has 2 N–H and O–H groups in total. The monoisotopic (exact) mass is 488 g/mol. The van der Waals surface area contributed by atoms with Gasteiger partial charge in [-0.25, -0.2) is 4.79 Å². The van der Waals surface area contributed by atoms with Crippen LogP contribution in [0, 0.1) is 0 Å². The largest absolute Gasteiger partial charge is 0.416 e. The highest BCUT2D eigenvalue weighted by molar-refractivity contribution is 5.92. The number of alkyl halides is 3. The van der Waals surface area contributed by atoms with E-state index < -0.39 is 11.7 Å². The molecular weight excluding hydrogens is 457 g/mol. The molecule has 8 heteroatoms. The average molecular weight is 489 g/mol.